The Labute approximate surface area is 126 Å². The molecule has 2 aliphatic rings. The summed E-state index contributed by atoms with van der Waals surface area (Å²) in [6.07, 6.45) is 4.88. The van der Waals surface area contributed by atoms with Crippen molar-refractivity contribution in [2.45, 2.75) is 37.7 Å². The maximum Gasteiger partial charge on any atom is 0.319 e. The van der Waals surface area contributed by atoms with Crippen LogP contribution < -0.4 is 0 Å². The molecule has 0 aromatic rings. The van der Waals surface area contributed by atoms with Gasteiger partial charge in [-0.2, -0.15) is 0 Å². The van der Waals surface area contributed by atoms with Crippen molar-refractivity contribution >= 4 is 11.9 Å². The fourth-order valence-electron chi connectivity index (χ4n) is 3.16. The van der Waals surface area contributed by atoms with Gasteiger partial charge in [-0.1, -0.05) is 6.42 Å². The van der Waals surface area contributed by atoms with Crippen molar-refractivity contribution in [1.82, 2.24) is 9.80 Å². The van der Waals surface area contributed by atoms with Gasteiger partial charge in [0.05, 0.1) is 13.7 Å². The number of esters is 1. The van der Waals surface area contributed by atoms with Gasteiger partial charge in [0.1, 0.15) is 0 Å². The summed E-state index contributed by atoms with van der Waals surface area (Å²) in [6, 6.07) is 0. The van der Waals surface area contributed by atoms with Gasteiger partial charge in [-0.05, 0) is 38.6 Å². The lowest BCUT2D eigenvalue weighted by molar-refractivity contribution is -0.161. The Morgan fingerprint density at radius 1 is 1.48 bits per heavy atom. The second kappa shape index (κ2) is 6.75. The molecule has 0 radical (unpaired) electrons. The molecule has 1 amide bonds. The van der Waals surface area contributed by atoms with E-state index in [0.717, 1.165) is 19.5 Å². The van der Waals surface area contributed by atoms with E-state index < -0.39 is 5.60 Å². The second-order valence-corrected chi connectivity index (χ2v) is 6.43. The Hall–Kier alpha value is -1.14. The highest BCUT2D eigenvalue weighted by molar-refractivity contribution is 5.86. The van der Waals surface area contributed by atoms with Gasteiger partial charge in [-0.15, -0.1) is 0 Å². The van der Waals surface area contributed by atoms with E-state index in [0.29, 0.717) is 12.3 Å². The fraction of sp³-hybridized carbons (Fsp3) is 0.867. The number of rotatable bonds is 6. The van der Waals surface area contributed by atoms with Crippen molar-refractivity contribution in [3.8, 4) is 0 Å². The zero-order valence-corrected chi connectivity index (χ0v) is 13.0. The van der Waals surface area contributed by atoms with Crippen molar-refractivity contribution < 1.29 is 19.4 Å². The molecule has 0 spiro atoms. The first-order valence-corrected chi connectivity index (χ1v) is 7.72. The standard InChI is InChI=1S/C15H26N2O4/c1-16(10-13(18)21-2)11-15(20)7-4-8-17(14(15)19)9-12-5-3-6-12/h12,20H,3-11H2,1-2H3. The normalized spacial score (nSPS) is 26.9. The van der Waals surface area contributed by atoms with Crippen LogP contribution >= 0.6 is 0 Å². The quantitative estimate of drug-likeness (QED) is 0.712. The predicted molar refractivity (Wildman–Crippen MR) is 77.6 cm³/mol. The smallest absolute Gasteiger partial charge is 0.319 e. The number of likely N-dealkylation sites (N-methyl/N-ethyl adjacent to an activating group) is 1. The summed E-state index contributed by atoms with van der Waals surface area (Å²) in [7, 11) is 3.05. The van der Waals surface area contributed by atoms with E-state index in [2.05, 4.69) is 4.74 Å². The fourth-order valence-corrected chi connectivity index (χ4v) is 3.16. The molecular weight excluding hydrogens is 272 g/mol. The van der Waals surface area contributed by atoms with Crippen LogP contribution in [0, 0.1) is 5.92 Å². The monoisotopic (exact) mass is 298 g/mol. The summed E-state index contributed by atoms with van der Waals surface area (Å²) in [6.45, 7) is 1.75. The summed E-state index contributed by atoms with van der Waals surface area (Å²) < 4.78 is 4.61. The number of hydrogen-bond donors (Lipinski definition) is 1. The summed E-state index contributed by atoms with van der Waals surface area (Å²) >= 11 is 0. The zero-order chi connectivity index (χ0) is 15.5. The topological polar surface area (TPSA) is 70.1 Å². The van der Waals surface area contributed by atoms with E-state index in [1.807, 2.05) is 0 Å². The molecule has 2 fully saturated rings. The highest BCUT2D eigenvalue weighted by atomic mass is 16.5. The SMILES string of the molecule is COC(=O)CN(C)CC1(O)CCCN(CC2CCC2)C1=O. The molecule has 0 aromatic carbocycles. The number of nitrogens with zero attached hydrogens (tertiary/aromatic N) is 2. The van der Waals surface area contributed by atoms with E-state index in [-0.39, 0.29) is 25.0 Å². The Morgan fingerprint density at radius 3 is 2.76 bits per heavy atom. The number of aliphatic hydroxyl groups is 1. The Morgan fingerprint density at radius 2 is 2.19 bits per heavy atom. The molecule has 1 heterocycles. The highest BCUT2D eigenvalue weighted by Crippen LogP contribution is 2.30. The molecule has 1 atom stereocenters. The van der Waals surface area contributed by atoms with E-state index in [9.17, 15) is 14.7 Å². The van der Waals surface area contributed by atoms with Crippen LogP contribution in [-0.2, 0) is 14.3 Å². The number of ether oxygens (including phenoxy) is 1. The molecule has 6 heteroatoms. The first kappa shape index (κ1) is 16.2. The molecule has 1 aliphatic carbocycles. The lowest BCUT2D eigenvalue weighted by atomic mass is 9.83. The average molecular weight is 298 g/mol. The molecule has 1 aliphatic heterocycles. The Bertz CT molecular complexity index is 397. The van der Waals surface area contributed by atoms with Crippen LogP contribution in [0.4, 0.5) is 0 Å². The first-order chi connectivity index (χ1) is 9.94. The number of methoxy groups -OCH3 is 1. The number of piperidine rings is 1. The number of likely N-dealkylation sites (tertiary alicyclic amines) is 1. The number of carbonyl (C=O) groups is 2. The lowest BCUT2D eigenvalue weighted by Gasteiger charge is -2.42. The molecule has 120 valence electrons. The molecular formula is C15H26N2O4. The minimum atomic E-state index is -1.37. The second-order valence-electron chi connectivity index (χ2n) is 6.43. The van der Waals surface area contributed by atoms with E-state index in [1.165, 1.54) is 26.4 Å². The molecule has 21 heavy (non-hydrogen) atoms. The maximum absolute atomic E-state index is 12.5. The van der Waals surface area contributed by atoms with Crippen LogP contribution in [0.25, 0.3) is 0 Å². The minimum Gasteiger partial charge on any atom is -0.468 e. The summed E-state index contributed by atoms with van der Waals surface area (Å²) in [5, 5.41) is 10.7. The van der Waals surface area contributed by atoms with Gasteiger partial charge in [0, 0.05) is 19.6 Å². The Balaban J connectivity index is 1.92. The van der Waals surface area contributed by atoms with Crippen LogP contribution in [0.1, 0.15) is 32.1 Å². The molecule has 1 unspecified atom stereocenters. The van der Waals surface area contributed by atoms with Crippen LogP contribution in [-0.4, -0.2) is 72.7 Å². The molecule has 6 nitrogen and oxygen atoms in total. The number of amides is 1. The molecule has 1 N–H and O–H groups in total. The summed E-state index contributed by atoms with van der Waals surface area (Å²) in [5.41, 5.74) is -1.37. The van der Waals surface area contributed by atoms with Crippen molar-refractivity contribution in [1.29, 1.82) is 0 Å². The third kappa shape index (κ3) is 3.95. The predicted octanol–water partition coefficient (Wildman–Crippen LogP) is 0.245. The van der Waals surface area contributed by atoms with Crippen molar-refractivity contribution in [2.24, 2.45) is 5.92 Å². The lowest BCUT2D eigenvalue weighted by Crippen LogP contribution is -2.59. The van der Waals surface area contributed by atoms with Crippen LogP contribution in [0.2, 0.25) is 0 Å². The molecule has 2 rings (SSSR count). The molecule has 1 saturated carbocycles. The largest absolute Gasteiger partial charge is 0.468 e. The van der Waals surface area contributed by atoms with E-state index in [4.69, 9.17) is 0 Å². The van der Waals surface area contributed by atoms with Gasteiger partial charge in [0.25, 0.3) is 5.91 Å². The maximum atomic E-state index is 12.5. The average Bonchev–Trinajstić information content (AvgIpc) is 2.38. The highest BCUT2D eigenvalue weighted by Gasteiger charge is 2.43. The van der Waals surface area contributed by atoms with Gasteiger partial charge in [-0.25, -0.2) is 0 Å². The van der Waals surface area contributed by atoms with Gasteiger partial charge in [0.2, 0.25) is 0 Å². The molecule has 0 aromatic heterocycles. The van der Waals surface area contributed by atoms with E-state index in [1.54, 1.807) is 16.8 Å². The third-order valence-electron chi connectivity index (χ3n) is 4.57. The number of hydrogen-bond acceptors (Lipinski definition) is 5. The Kier molecular flexibility index (Phi) is 5.22. The molecule has 1 saturated heterocycles. The summed E-state index contributed by atoms with van der Waals surface area (Å²) in [4.78, 5) is 27.3. The molecule has 0 bridgehead atoms. The van der Waals surface area contributed by atoms with Crippen LogP contribution in [0.5, 0.6) is 0 Å². The summed E-state index contributed by atoms with van der Waals surface area (Å²) in [5.74, 6) is 0.0529. The van der Waals surface area contributed by atoms with E-state index >= 15 is 0 Å². The van der Waals surface area contributed by atoms with Crippen LogP contribution in [0.15, 0.2) is 0 Å². The van der Waals surface area contributed by atoms with Gasteiger partial charge in [0.15, 0.2) is 5.60 Å². The van der Waals surface area contributed by atoms with Crippen molar-refractivity contribution in [2.75, 3.05) is 40.3 Å². The van der Waals surface area contributed by atoms with Gasteiger partial charge in [-0.3, -0.25) is 14.5 Å². The van der Waals surface area contributed by atoms with Crippen LogP contribution in [0.3, 0.4) is 0 Å². The van der Waals surface area contributed by atoms with Crippen molar-refractivity contribution in [3.05, 3.63) is 0 Å². The van der Waals surface area contributed by atoms with Gasteiger partial charge >= 0.3 is 5.97 Å². The van der Waals surface area contributed by atoms with Crippen molar-refractivity contribution in [3.63, 3.8) is 0 Å². The zero-order valence-electron chi connectivity index (χ0n) is 13.0. The number of carbonyl (C=O) groups excluding carboxylic acids is 2. The third-order valence-corrected chi connectivity index (χ3v) is 4.57. The van der Waals surface area contributed by atoms with Gasteiger partial charge < -0.3 is 14.7 Å². The first-order valence-electron chi connectivity index (χ1n) is 7.72. The minimum absolute atomic E-state index is 0.0781.